The zero-order valence-electron chi connectivity index (χ0n) is 68.0. The van der Waals surface area contributed by atoms with Crippen molar-refractivity contribution < 1.29 is 123 Å². The lowest BCUT2D eigenvalue weighted by molar-refractivity contribution is -0.334. The van der Waals surface area contributed by atoms with Gasteiger partial charge in [-0.2, -0.15) is 0 Å². The van der Waals surface area contributed by atoms with E-state index < -0.39 is 244 Å². The summed E-state index contributed by atoms with van der Waals surface area (Å²) < 4.78 is 39.6. The molecule has 18 atom stereocenters. The molecule has 0 spiro atoms. The number of carbonyl (C=O) groups excluding carboxylic acids is 9. The first-order valence-electron chi connectivity index (χ1n) is 39.8. The molecule has 2 saturated heterocycles. The minimum Gasteiger partial charge on any atom is -0.508 e. The van der Waals surface area contributed by atoms with Crippen molar-refractivity contribution in [2.45, 2.75) is 183 Å². The van der Waals surface area contributed by atoms with Gasteiger partial charge in [-0.1, -0.05) is 93.4 Å². The molecule has 1 unspecified atom stereocenters. The predicted molar refractivity (Wildman–Crippen MR) is 442 cm³/mol. The van der Waals surface area contributed by atoms with Gasteiger partial charge in [0.15, 0.2) is 23.9 Å². The molecule has 0 aromatic heterocycles. The van der Waals surface area contributed by atoms with Crippen molar-refractivity contribution in [1.29, 1.82) is 0 Å². The number of nitrogens with two attached hydrogens (primary N) is 1. The number of amides is 9. The Morgan fingerprint density at radius 2 is 1.30 bits per heavy atom. The number of anilines is 1. The molecule has 7 aliphatic rings. The number of primary amides is 1. The maximum Gasteiger partial charge on any atom is 0.261 e. The molecule has 14 rings (SSSR count). The number of aromatic hydroxyl groups is 3. The number of rotatable bonds is 22. The van der Waals surface area contributed by atoms with Gasteiger partial charge in [0.1, 0.15) is 95.5 Å². The number of hydrogen-bond acceptors (Lipinski definition) is 28. The first-order valence-corrected chi connectivity index (χ1v) is 40.5. The molecular weight excluding hydrogens is 1660 g/mol. The lowest BCUT2D eigenvalue weighted by Gasteiger charge is -2.48. The molecule has 23 N–H and O–H groups in total. The monoisotopic (exact) mass is 1760 g/mol. The Morgan fingerprint density at radius 3 is 1.91 bits per heavy atom. The number of carbonyl (C=O) groups is 9. The Bertz CT molecular complexity index is 5170. The third-order valence-corrected chi connectivity index (χ3v) is 22.5. The van der Waals surface area contributed by atoms with Crippen LogP contribution in [-0.2, 0) is 59.1 Å². The molecule has 662 valence electrons. The Balaban J connectivity index is 1.01. The van der Waals surface area contributed by atoms with Crippen LogP contribution >= 0.6 is 23.2 Å². The Morgan fingerprint density at radius 1 is 0.669 bits per heavy atom. The van der Waals surface area contributed by atoms with E-state index in [2.05, 4.69) is 58.7 Å². The van der Waals surface area contributed by atoms with E-state index in [0.29, 0.717) is 16.8 Å². The van der Waals surface area contributed by atoms with Gasteiger partial charge < -0.3 is 133 Å². The smallest absolute Gasteiger partial charge is 0.261 e. The summed E-state index contributed by atoms with van der Waals surface area (Å²) in [6.45, 7) is 9.31. The van der Waals surface area contributed by atoms with Gasteiger partial charge in [0.2, 0.25) is 53.4 Å². The molecule has 7 heterocycles. The van der Waals surface area contributed by atoms with Crippen molar-refractivity contribution in [1.82, 2.24) is 53.4 Å². The Kier molecular flexibility index (Phi) is 29.0. The average Bonchev–Trinajstić information content (AvgIpc) is 0.767. The Labute approximate surface area is 719 Å². The summed E-state index contributed by atoms with van der Waals surface area (Å²) in [4.78, 5) is 133. The maximum absolute atomic E-state index is 16.3. The van der Waals surface area contributed by atoms with E-state index >= 15 is 24.0 Å². The van der Waals surface area contributed by atoms with Gasteiger partial charge in [-0.3, -0.25) is 48.6 Å². The second-order valence-electron chi connectivity index (χ2n) is 31.7. The zero-order valence-corrected chi connectivity index (χ0v) is 69.5. The maximum atomic E-state index is 16.3. The highest BCUT2D eigenvalue weighted by atomic mass is 35.5. The van der Waals surface area contributed by atoms with Gasteiger partial charge in [-0.05, 0) is 157 Å². The lowest BCUT2D eigenvalue weighted by atomic mass is 9.84. The second kappa shape index (κ2) is 39.2. The van der Waals surface area contributed by atoms with Gasteiger partial charge in [0.05, 0.1) is 47.9 Å². The molecular formula is C85H98Cl2N12O25. The highest BCUT2D eigenvalue weighted by Crippen LogP contribution is 2.50. The Hall–Kier alpha value is -11.4. The first-order chi connectivity index (χ1) is 58.9. The van der Waals surface area contributed by atoms with Crippen LogP contribution in [0.25, 0.3) is 11.1 Å². The van der Waals surface area contributed by atoms with Crippen molar-refractivity contribution in [2.24, 2.45) is 11.7 Å². The molecule has 37 nitrogen and oxygen atoms in total. The molecule has 7 aliphatic heterocycles. The third-order valence-electron chi connectivity index (χ3n) is 21.9. The fourth-order valence-electron chi connectivity index (χ4n) is 15.2. The van der Waals surface area contributed by atoms with Crippen LogP contribution in [-0.4, -0.2) is 210 Å². The van der Waals surface area contributed by atoms with Crippen LogP contribution in [0, 0.1) is 5.92 Å². The number of likely N-dealkylation sites (N-methyl/N-ethyl adjacent to an activating group) is 1. The SMILES string of the molecule is CN[C@H](CC(C)C)C(=O)N[C@H]1C(=O)N[C@@H](CC(N)=O)C(=O)N[C@H]2C(=O)N[C@H]3C(=O)N[C@H](C(=O)N[C@@H](C(=O)NNCCO)c4cc(O)cc(O)c4-c4cc3ccc4O)[C@H](O)c3ccc(c(Cl)c3)Oc3cc2cc(c3OC2O[C@H](CO)[C@@H](O)[C@H](O)[C@H]2O[C@H]2C[C@@](C)(NCc3ccc(NC(=O)c4ccc(C(C)C)cc4)cc3)[C@H](O)[C@H](C)O2)Oc2ccc(cc2Cl)[C@H]1O. The fourth-order valence-corrected chi connectivity index (χ4v) is 15.6. The van der Waals surface area contributed by atoms with Gasteiger partial charge in [-0.15, -0.1) is 0 Å². The third kappa shape index (κ3) is 20.7. The number of phenols is 3. The molecule has 9 amide bonds. The predicted octanol–water partition coefficient (Wildman–Crippen LogP) is 2.84. The fraction of sp³-hybridized carbons (Fsp3) is 0.400. The number of ether oxygens (including phenoxy) is 6. The summed E-state index contributed by atoms with van der Waals surface area (Å²) in [5, 5.41) is 140. The van der Waals surface area contributed by atoms with E-state index in [1.54, 1.807) is 50.2 Å². The largest absolute Gasteiger partial charge is 0.508 e. The van der Waals surface area contributed by atoms with Gasteiger partial charge in [0, 0.05) is 53.5 Å². The molecule has 0 saturated carbocycles. The molecule has 2 fully saturated rings. The number of nitrogens with one attached hydrogen (secondary N) is 11. The van der Waals surface area contributed by atoms with Crippen LogP contribution in [0.2, 0.25) is 10.0 Å². The number of fused-ring (bicyclic) bond motifs is 15. The number of phenolic OH excluding ortho intramolecular Hbond substituents is 3. The van der Waals surface area contributed by atoms with Crippen molar-refractivity contribution in [3.8, 4) is 57.1 Å². The van der Waals surface area contributed by atoms with E-state index in [1.165, 1.54) is 25.2 Å². The van der Waals surface area contributed by atoms with E-state index in [9.17, 15) is 70.2 Å². The van der Waals surface area contributed by atoms with Crippen molar-refractivity contribution in [2.75, 3.05) is 32.1 Å². The number of hydrogen-bond donors (Lipinski definition) is 22. The number of hydrazine groups is 1. The van der Waals surface area contributed by atoms with Crippen LogP contribution in [0.15, 0.2) is 127 Å². The van der Waals surface area contributed by atoms with E-state index in [1.807, 2.05) is 39.8 Å². The van der Waals surface area contributed by atoms with Gasteiger partial charge in [-0.25, -0.2) is 5.43 Å². The normalized spacial score (nSPS) is 26.1. The molecule has 7 aromatic carbocycles. The molecule has 0 radical (unpaired) electrons. The van der Waals surface area contributed by atoms with Crippen LogP contribution in [0.4, 0.5) is 5.69 Å². The van der Waals surface area contributed by atoms with Gasteiger partial charge >= 0.3 is 0 Å². The quantitative estimate of drug-likeness (QED) is 0.0343. The van der Waals surface area contributed by atoms with E-state index in [0.717, 1.165) is 66.2 Å². The highest BCUT2D eigenvalue weighted by Gasteiger charge is 2.52. The zero-order chi connectivity index (χ0) is 89.6. The lowest BCUT2D eigenvalue weighted by Crippen LogP contribution is -2.65. The van der Waals surface area contributed by atoms with Crippen molar-refractivity contribution in [3.05, 3.63) is 182 Å². The molecule has 11 bridgehead atoms. The summed E-state index contributed by atoms with van der Waals surface area (Å²) >= 11 is 14.4. The van der Waals surface area contributed by atoms with E-state index in [-0.39, 0.29) is 71.1 Å². The first kappa shape index (κ1) is 91.8. The average molecular weight is 1760 g/mol. The number of aliphatic hydroxyl groups excluding tert-OH is 7. The van der Waals surface area contributed by atoms with E-state index in [4.69, 9.17) is 57.4 Å². The topological polar surface area (TPSA) is 570 Å². The number of benzene rings is 7. The highest BCUT2D eigenvalue weighted by molar-refractivity contribution is 6.32. The van der Waals surface area contributed by atoms with Crippen molar-refractivity contribution >= 4 is 82.1 Å². The minimum atomic E-state index is -2.38. The molecule has 0 aliphatic carbocycles. The van der Waals surface area contributed by atoms with Crippen molar-refractivity contribution in [3.63, 3.8) is 0 Å². The summed E-state index contributed by atoms with van der Waals surface area (Å²) in [6.07, 6.45) is -19.0. The van der Waals surface area contributed by atoms with Crippen LogP contribution in [0.3, 0.4) is 0 Å². The minimum absolute atomic E-state index is 0.115. The van der Waals surface area contributed by atoms with Crippen LogP contribution < -0.4 is 78.6 Å². The molecule has 39 heteroatoms. The summed E-state index contributed by atoms with van der Waals surface area (Å²) in [6, 6.07) is 14.0. The van der Waals surface area contributed by atoms with Crippen LogP contribution in [0.5, 0.6) is 46.0 Å². The van der Waals surface area contributed by atoms with Crippen LogP contribution in [0.1, 0.15) is 146 Å². The summed E-state index contributed by atoms with van der Waals surface area (Å²) in [5.41, 5.74) is 9.37. The number of aliphatic hydroxyl groups is 7. The summed E-state index contributed by atoms with van der Waals surface area (Å²) in [7, 11) is 1.47. The number of halogens is 2. The molecule has 124 heavy (non-hydrogen) atoms. The second-order valence-corrected chi connectivity index (χ2v) is 32.5. The standard InChI is InChI=1S/C85H98Cl2N12O25/c1-36(2)24-52(89-7)77(112)97-67-69(106)43-15-20-56(50(86)26-43)120-58-28-45-29-59(73(58)124-84-74(72(109)71(108)60(35-101)122-84)123-62-33-85(6,75(110)38(5)119-62)90-34-39-8-17-46(18-9-39)92-76(111)41-12-10-40(11-13-41)37(3)4)121-57-21-16-44(27-51(57)87)70(107)68-82(117)96-66(83(118)99-91-22-23-100)49-30-47(102)31-55(104)63(49)48-25-42(14-19-54(48)103)64(79(114)98-68)95-80(115)65(45)94-78(113)53(32-61(88)105)93-81(67)116/h8-21,25-31,36-38,52-53,60,62,64-72,74-75,84,89-91,100-104,106-110H,22-24,32-35H2,1-7H3,(H2,88,105)(H,92,111)(H,93,116)(H,94,113)(H,95,115)(H,96,117)(H,97,112)(H,98,114)(H,99,118)/t38-,52+,53-,60+,62-,64+,65+,66+,67+,68-,69+,70+,71+,72-,74+,75+,84?,85+/m0/s1. The molecule has 7 aromatic rings. The van der Waals surface area contributed by atoms with Gasteiger partial charge in [0.25, 0.3) is 11.8 Å². The summed E-state index contributed by atoms with van der Waals surface area (Å²) in [5.74, 6) is -15.3.